The molecule has 0 amide bonds. The van der Waals surface area contributed by atoms with Crippen LogP contribution in [-0.2, 0) is 9.63 Å². The minimum atomic E-state index is -0.380. The number of rotatable bonds is 0. The van der Waals surface area contributed by atoms with Gasteiger partial charge >= 0.3 is 5.97 Å². The maximum Gasteiger partial charge on any atom is 0.360 e. The van der Waals surface area contributed by atoms with Gasteiger partial charge in [-0.05, 0) is 0 Å². The predicted molar refractivity (Wildman–Crippen MR) is 31.2 cm³/mol. The molecule has 5 heteroatoms. The molecule has 0 bridgehead atoms. The van der Waals surface area contributed by atoms with Crippen LogP contribution < -0.4 is 0 Å². The molecule has 1 aliphatic rings. The summed E-state index contributed by atoms with van der Waals surface area (Å²) in [5.74, 6) is -0.380. The lowest BCUT2D eigenvalue weighted by molar-refractivity contribution is -0.138. The van der Waals surface area contributed by atoms with Crippen molar-refractivity contribution in [2.75, 3.05) is 6.54 Å². The van der Waals surface area contributed by atoms with Crippen LogP contribution in [-0.4, -0.2) is 12.5 Å². The van der Waals surface area contributed by atoms with Crippen molar-refractivity contribution in [2.45, 2.75) is 0 Å². The second-order valence-corrected chi connectivity index (χ2v) is 0.844. The Morgan fingerprint density at radius 3 is 2.57 bits per heavy atom. The van der Waals surface area contributed by atoms with Crippen molar-refractivity contribution in [3.63, 3.8) is 0 Å². The molecule has 1 aliphatic heterocycles. The summed E-state index contributed by atoms with van der Waals surface area (Å²) in [6, 6.07) is 0. The Balaban J connectivity index is 0.000000360. The van der Waals surface area contributed by atoms with Gasteiger partial charge in [-0.2, -0.15) is 0 Å². The molecule has 0 spiro atoms. The summed E-state index contributed by atoms with van der Waals surface area (Å²) in [6.45, 7) is 0.0833. The van der Waals surface area contributed by atoms with Gasteiger partial charge in [0.05, 0.1) is 0 Å². The Kier molecular flexibility index (Phi) is 2.81. The first-order valence-electron chi connectivity index (χ1n) is 1.46. The summed E-state index contributed by atoms with van der Waals surface area (Å²) < 4.78 is 0. The van der Waals surface area contributed by atoms with Gasteiger partial charge in [0.2, 0.25) is 0 Å². The van der Waals surface area contributed by atoms with Gasteiger partial charge in [0.25, 0.3) is 0 Å². The fraction of sp³-hybridized carbons (Fsp3) is 0.500. The molecule has 0 N–H and O–H groups in total. The van der Waals surface area contributed by atoms with Crippen LogP contribution in [0, 0.1) is 0 Å². The quantitative estimate of drug-likeness (QED) is 0.552. The van der Waals surface area contributed by atoms with Gasteiger partial charge in [-0.3, -0.25) is 4.84 Å². The van der Waals surface area contributed by atoms with E-state index in [2.05, 4.69) is 15.2 Å². The monoisotopic (exact) mass is 214 g/mol. The number of carbonyl (C=O) groups is 1. The Hall–Kier alpha value is -0.200. The van der Waals surface area contributed by atoms with E-state index in [1.807, 2.05) is 0 Å². The lowest BCUT2D eigenvalue weighted by Gasteiger charge is -1.71. The second-order valence-electron chi connectivity index (χ2n) is 0.844. The van der Waals surface area contributed by atoms with Gasteiger partial charge in [-0.1, -0.05) is 0 Å². The highest BCUT2D eigenvalue weighted by Crippen LogP contribution is 1.90. The molecule has 40 valence electrons. The topological polar surface area (TPSA) is 51.0 Å². The number of hydrogen-bond acceptors (Lipinski definition) is 4. The van der Waals surface area contributed by atoms with Crippen LogP contribution in [0.4, 0.5) is 0 Å². The number of hydrogen-bond donors (Lipinski definition) is 0. The summed E-state index contributed by atoms with van der Waals surface area (Å²) in [6.07, 6.45) is 0. The highest BCUT2D eigenvalue weighted by molar-refractivity contribution is 14.0. The number of carbonyl (C=O) groups excluding carboxylic acids is 1. The van der Waals surface area contributed by atoms with E-state index >= 15 is 0 Å². The average Bonchev–Trinajstić information content (AvgIpc) is 1.86. The van der Waals surface area contributed by atoms with E-state index in [9.17, 15) is 4.79 Å². The van der Waals surface area contributed by atoms with Crippen molar-refractivity contribution in [3.05, 3.63) is 0 Å². The molecule has 0 saturated carbocycles. The standard InChI is InChI=1S/C2H2N2O2.HI/c5-2-1-3-4-6-2;/h1H2;1H. The van der Waals surface area contributed by atoms with Crippen molar-refractivity contribution >= 4 is 29.9 Å². The number of nitrogens with zero attached hydrogens (tertiary/aromatic N) is 2. The van der Waals surface area contributed by atoms with Gasteiger partial charge in [0.15, 0.2) is 6.54 Å². The fourth-order valence-corrected chi connectivity index (χ4v) is 0.190. The molecule has 1 rings (SSSR count). The average molecular weight is 214 g/mol. The third kappa shape index (κ3) is 1.81. The van der Waals surface area contributed by atoms with E-state index in [4.69, 9.17) is 0 Å². The van der Waals surface area contributed by atoms with Crippen LogP contribution in [0.2, 0.25) is 0 Å². The van der Waals surface area contributed by atoms with Crippen molar-refractivity contribution in [2.24, 2.45) is 10.4 Å². The van der Waals surface area contributed by atoms with Gasteiger partial charge in [0, 0.05) is 5.28 Å². The van der Waals surface area contributed by atoms with E-state index in [-0.39, 0.29) is 36.5 Å². The predicted octanol–water partition coefficient (Wildman–Crippen LogP) is 0.528. The van der Waals surface area contributed by atoms with E-state index in [1.54, 1.807) is 0 Å². The van der Waals surface area contributed by atoms with Crippen LogP contribution >= 0.6 is 24.0 Å². The molecule has 0 aromatic heterocycles. The zero-order chi connectivity index (χ0) is 4.41. The molecule has 0 aromatic rings. The molecular weight excluding hydrogens is 211 g/mol. The molecule has 0 fully saturated rings. The van der Waals surface area contributed by atoms with Crippen LogP contribution in [0.3, 0.4) is 0 Å². The molecule has 0 unspecified atom stereocenters. The maximum atomic E-state index is 9.83. The second kappa shape index (κ2) is 2.89. The molecule has 0 saturated heterocycles. The largest absolute Gasteiger partial charge is 0.360 e. The van der Waals surface area contributed by atoms with E-state index in [1.165, 1.54) is 0 Å². The SMILES string of the molecule is I.O=C1CN=NO1. The Morgan fingerprint density at radius 2 is 2.43 bits per heavy atom. The highest BCUT2D eigenvalue weighted by atomic mass is 127. The molecular formula is C2H3IN2O2. The number of halogens is 1. The van der Waals surface area contributed by atoms with Crippen molar-refractivity contribution < 1.29 is 9.63 Å². The Bertz CT molecular complexity index is 91.9. The summed E-state index contributed by atoms with van der Waals surface area (Å²) in [7, 11) is 0. The molecule has 0 atom stereocenters. The van der Waals surface area contributed by atoms with Crippen LogP contribution in [0.15, 0.2) is 10.4 Å². The van der Waals surface area contributed by atoms with Crippen LogP contribution in [0.1, 0.15) is 0 Å². The molecule has 0 aromatic carbocycles. The Labute approximate surface area is 56.9 Å². The lowest BCUT2D eigenvalue weighted by atomic mass is 10.7. The van der Waals surface area contributed by atoms with E-state index in [0.717, 1.165) is 0 Å². The zero-order valence-corrected chi connectivity index (χ0v) is 5.66. The Morgan fingerprint density at radius 1 is 1.71 bits per heavy atom. The normalized spacial score (nSPS) is 15.7. The summed E-state index contributed by atoms with van der Waals surface area (Å²) in [5, 5.41) is 6.16. The smallest absolute Gasteiger partial charge is 0.298 e. The molecule has 1 heterocycles. The van der Waals surface area contributed by atoms with E-state index < -0.39 is 0 Å². The molecule has 7 heavy (non-hydrogen) atoms. The van der Waals surface area contributed by atoms with Gasteiger partial charge < -0.3 is 0 Å². The van der Waals surface area contributed by atoms with Crippen molar-refractivity contribution in [3.8, 4) is 0 Å². The van der Waals surface area contributed by atoms with Gasteiger partial charge in [0.1, 0.15) is 0 Å². The van der Waals surface area contributed by atoms with Crippen LogP contribution in [0.5, 0.6) is 0 Å². The van der Waals surface area contributed by atoms with Gasteiger partial charge in [-0.15, -0.1) is 29.1 Å². The summed E-state index contributed by atoms with van der Waals surface area (Å²) >= 11 is 0. The third-order valence-electron chi connectivity index (χ3n) is 0.400. The summed E-state index contributed by atoms with van der Waals surface area (Å²) in [5.41, 5.74) is 0. The fourth-order valence-electron chi connectivity index (χ4n) is 0.190. The van der Waals surface area contributed by atoms with E-state index in [0.29, 0.717) is 0 Å². The first-order valence-corrected chi connectivity index (χ1v) is 1.46. The van der Waals surface area contributed by atoms with Gasteiger partial charge in [-0.25, -0.2) is 4.79 Å². The first-order chi connectivity index (χ1) is 2.89. The van der Waals surface area contributed by atoms with Crippen LogP contribution in [0.25, 0.3) is 0 Å². The minimum absolute atomic E-state index is 0. The third-order valence-corrected chi connectivity index (χ3v) is 0.400. The first kappa shape index (κ1) is 6.80. The molecule has 4 nitrogen and oxygen atoms in total. The lowest BCUT2D eigenvalue weighted by Crippen LogP contribution is -1.94. The van der Waals surface area contributed by atoms with Crippen molar-refractivity contribution in [1.29, 1.82) is 0 Å². The maximum absolute atomic E-state index is 9.83. The minimum Gasteiger partial charge on any atom is -0.298 e. The zero-order valence-electron chi connectivity index (χ0n) is 3.33. The van der Waals surface area contributed by atoms with Crippen molar-refractivity contribution in [1.82, 2.24) is 0 Å². The summed E-state index contributed by atoms with van der Waals surface area (Å²) in [4.78, 5) is 13.8. The molecule has 0 aliphatic carbocycles. The molecule has 0 radical (unpaired) electrons. The highest BCUT2D eigenvalue weighted by Gasteiger charge is 2.05.